The maximum Gasteiger partial charge on any atom is 0.203 e. The molecule has 20 heavy (non-hydrogen) atoms. The zero-order valence-corrected chi connectivity index (χ0v) is 11.0. The van der Waals surface area contributed by atoms with Gasteiger partial charge in [-0.05, 0) is 24.3 Å². The molecule has 5 heteroatoms. The van der Waals surface area contributed by atoms with Crippen molar-refractivity contribution in [3.63, 3.8) is 0 Å². The lowest BCUT2D eigenvalue weighted by Crippen LogP contribution is -2.13. The number of ether oxygens (including phenoxy) is 1. The molecular weight excluding hydrogens is 281 g/mol. The van der Waals surface area contributed by atoms with E-state index >= 15 is 0 Å². The van der Waals surface area contributed by atoms with E-state index in [1.807, 2.05) is 6.07 Å². The number of benzene rings is 2. The molecule has 3 nitrogen and oxygen atoms in total. The highest BCUT2D eigenvalue weighted by atomic mass is 35.5. The predicted molar refractivity (Wildman–Crippen MR) is 72.4 cm³/mol. The van der Waals surface area contributed by atoms with Gasteiger partial charge in [0, 0.05) is 11.1 Å². The number of hydrogen-bond acceptors (Lipinski definition) is 3. The van der Waals surface area contributed by atoms with E-state index in [9.17, 15) is 9.18 Å². The van der Waals surface area contributed by atoms with Crippen molar-refractivity contribution in [2.24, 2.45) is 0 Å². The van der Waals surface area contributed by atoms with Crippen molar-refractivity contribution in [2.45, 2.75) is 0 Å². The highest BCUT2D eigenvalue weighted by molar-refractivity contribution is 6.30. The summed E-state index contributed by atoms with van der Waals surface area (Å²) in [6.07, 6.45) is 0. The van der Waals surface area contributed by atoms with Crippen molar-refractivity contribution < 1.29 is 13.9 Å². The molecule has 0 aromatic heterocycles. The zero-order chi connectivity index (χ0) is 14.5. The van der Waals surface area contributed by atoms with Gasteiger partial charge in [-0.15, -0.1) is 0 Å². The van der Waals surface area contributed by atoms with Crippen LogP contribution in [-0.2, 0) is 0 Å². The first kappa shape index (κ1) is 14.0. The van der Waals surface area contributed by atoms with Gasteiger partial charge in [-0.25, -0.2) is 4.39 Å². The Balaban J connectivity index is 2.14. The van der Waals surface area contributed by atoms with E-state index in [0.717, 1.165) is 0 Å². The van der Waals surface area contributed by atoms with Crippen LogP contribution in [0, 0.1) is 17.1 Å². The molecule has 0 aliphatic rings. The Bertz CT molecular complexity index is 695. The van der Waals surface area contributed by atoms with Gasteiger partial charge in [0.1, 0.15) is 17.6 Å². The van der Waals surface area contributed by atoms with Crippen molar-refractivity contribution in [1.82, 2.24) is 0 Å². The third-order valence-electron chi connectivity index (χ3n) is 2.60. The Kier molecular flexibility index (Phi) is 4.34. The van der Waals surface area contributed by atoms with Gasteiger partial charge in [-0.1, -0.05) is 23.7 Å². The van der Waals surface area contributed by atoms with Gasteiger partial charge >= 0.3 is 0 Å². The van der Waals surface area contributed by atoms with Crippen LogP contribution in [0.4, 0.5) is 4.39 Å². The van der Waals surface area contributed by atoms with E-state index in [1.165, 1.54) is 30.3 Å². The van der Waals surface area contributed by atoms with Crippen LogP contribution in [0.5, 0.6) is 5.75 Å². The van der Waals surface area contributed by atoms with Gasteiger partial charge in [0.15, 0.2) is 6.61 Å². The second kappa shape index (κ2) is 6.18. The molecule has 0 unspecified atom stereocenters. The number of carbonyl (C=O) groups is 1. The fourth-order valence-corrected chi connectivity index (χ4v) is 1.78. The number of nitriles is 1. The van der Waals surface area contributed by atoms with Crippen LogP contribution >= 0.6 is 11.6 Å². The molecule has 0 fully saturated rings. The summed E-state index contributed by atoms with van der Waals surface area (Å²) >= 11 is 5.80. The maximum atomic E-state index is 13.4. The van der Waals surface area contributed by atoms with Crippen molar-refractivity contribution in [2.75, 3.05) is 6.61 Å². The summed E-state index contributed by atoms with van der Waals surface area (Å²) in [5.74, 6) is -0.913. The molecule has 100 valence electrons. The fourth-order valence-electron chi connectivity index (χ4n) is 1.62. The topological polar surface area (TPSA) is 50.1 Å². The Labute approximate surface area is 120 Å². The fraction of sp³-hybridized carbons (Fsp3) is 0.0667. The summed E-state index contributed by atoms with van der Waals surface area (Å²) < 4.78 is 18.7. The monoisotopic (exact) mass is 289 g/mol. The van der Waals surface area contributed by atoms with Gasteiger partial charge in [-0.3, -0.25) is 4.79 Å². The van der Waals surface area contributed by atoms with Crippen LogP contribution in [0.1, 0.15) is 15.9 Å². The molecule has 0 saturated carbocycles. The Morgan fingerprint density at radius 1 is 1.30 bits per heavy atom. The van der Waals surface area contributed by atoms with Crippen molar-refractivity contribution in [1.29, 1.82) is 5.26 Å². The number of carbonyl (C=O) groups excluding carboxylic acids is 1. The Morgan fingerprint density at radius 2 is 2.05 bits per heavy atom. The van der Waals surface area contributed by atoms with Crippen LogP contribution in [0.25, 0.3) is 0 Å². The van der Waals surface area contributed by atoms with Gasteiger partial charge in [0.2, 0.25) is 5.78 Å². The smallest absolute Gasteiger partial charge is 0.203 e. The summed E-state index contributed by atoms with van der Waals surface area (Å²) in [7, 11) is 0. The summed E-state index contributed by atoms with van der Waals surface area (Å²) in [6, 6.07) is 12.1. The average Bonchev–Trinajstić information content (AvgIpc) is 2.45. The first-order valence-electron chi connectivity index (χ1n) is 5.72. The van der Waals surface area contributed by atoms with Crippen LogP contribution in [0.2, 0.25) is 5.02 Å². The van der Waals surface area contributed by atoms with E-state index < -0.39 is 11.6 Å². The molecular formula is C15H9ClFNO2. The van der Waals surface area contributed by atoms with Crippen LogP contribution in [0.15, 0.2) is 42.5 Å². The van der Waals surface area contributed by atoms with Gasteiger partial charge in [0.25, 0.3) is 0 Å². The number of ketones is 1. The number of hydrogen-bond donors (Lipinski definition) is 0. The van der Waals surface area contributed by atoms with E-state index in [0.29, 0.717) is 5.02 Å². The van der Waals surface area contributed by atoms with Gasteiger partial charge in [0.05, 0.1) is 11.1 Å². The van der Waals surface area contributed by atoms with Crippen molar-refractivity contribution in [3.8, 4) is 11.8 Å². The lowest BCUT2D eigenvalue weighted by Gasteiger charge is -2.08. The first-order valence-corrected chi connectivity index (χ1v) is 6.10. The van der Waals surface area contributed by atoms with Crippen LogP contribution < -0.4 is 4.74 Å². The number of nitrogens with zero attached hydrogens (tertiary/aromatic N) is 1. The number of rotatable bonds is 4. The molecule has 0 spiro atoms. The SMILES string of the molecule is N#Cc1ccc(Cl)cc1OCC(=O)c1ccccc1F. The summed E-state index contributed by atoms with van der Waals surface area (Å²) in [5, 5.41) is 9.30. The summed E-state index contributed by atoms with van der Waals surface area (Å²) in [6.45, 7) is -0.365. The largest absolute Gasteiger partial charge is 0.484 e. The maximum absolute atomic E-state index is 13.4. The number of Topliss-reactive ketones (excluding diaryl/α,β-unsaturated/α-hetero) is 1. The Morgan fingerprint density at radius 3 is 2.75 bits per heavy atom. The van der Waals surface area contributed by atoms with Gasteiger partial charge < -0.3 is 4.74 Å². The van der Waals surface area contributed by atoms with Gasteiger partial charge in [-0.2, -0.15) is 5.26 Å². The molecule has 0 N–H and O–H groups in total. The molecule has 2 rings (SSSR count). The second-order valence-corrected chi connectivity index (χ2v) is 4.38. The molecule has 0 amide bonds. The van der Waals surface area contributed by atoms with Crippen molar-refractivity contribution >= 4 is 17.4 Å². The third kappa shape index (κ3) is 3.14. The van der Waals surface area contributed by atoms with E-state index in [-0.39, 0.29) is 23.5 Å². The first-order chi connectivity index (χ1) is 9.61. The van der Waals surface area contributed by atoms with E-state index in [1.54, 1.807) is 12.1 Å². The molecule has 0 bridgehead atoms. The standard InChI is InChI=1S/C15H9ClFNO2/c16-11-6-5-10(8-18)15(7-11)20-9-14(19)12-3-1-2-4-13(12)17/h1-7H,9H2. The van der Waals surface area contributed by atoms with E-state index in [2.05, 4.69) is 0 Å². The molecule has 0 heterocycles. The molecule has 0 aliphatic carbocycles. The second-order valence-electron chi connectivity index (χ2n) is 3.94. The quantitative estimate of drug-likeness (QED) is 0.808. The lowest BCUT2D eigenvalue weighted by atomic mass is 10.1. The van der Waals surface area contributed by atoms with Crippen LogP contribution in [-0.4, -0.2) is 12.4 Å². The molecule has 0 aliphatic heterocycles. The molecule has 0 atom stereocenters. The average molecular weight is 290 g/mol. The molecule has 2 aromatic carbocycles. The Hall–Kier alpha value is -2.38. The molecule has 2 aromatic rings. The van der Waals surface area contributed by atoms with E-state index in [4.69, 9.17) is 21.6 Å². The minimum atomic E-state index is -0.604. The minimum Gasteiger partial charge on any atom is -0.484 e. The summed E-state index contributed by atoms with van der Waals surface area (Å²) in [5.41, 5.74) is 0.212. The molecule has 0 saturated heterocycles. The highest BCUT2D eigenvalue weighted by Gasteiger charge is 2.13. The predicted octanol–water partition coefficient (Wildman–Crippen LogP) is 3.61. The normalized spacial score (nSPS) is 9.85. The van der Waals surface area contributed by atoms with Crippen molar-refractivity contribution in [3.05, 3.63) is 64.4 Å². The lowest BCUT2D eigenvalue weighted by molar-refractivity contribution is 0.0917. The highest BCUT2D eigenvalue weighted by Crippen LogP contribution is 2.23. The number of halogens is 2. The molecule has 0 radical (unpaired) electrons. The zero-order valence-electron chi connectivity index (χ0n) is 10.3. The summed E-state index contributed by atoms with van der Waals surface area (Å²) in [4.78, 5) is 11.8. The van der Waals surface area contributed by atoms with Crippen LogP contribution in [0.3, 0.4) is 0 Å². The third-order valence-corrected chi connectivity index (χ3v) is 2.83. The minimum absolute atomic E-state index is 0.0481.